The molecule has 0 atom stereocenters. The number of carbonyl (C=O) groups is 1. The highest BCUT2D eigenvalue weighted by Crippen LogP contribution is 2.36. The lowest BCUT2D eigenvalue weighted by molar-refractivity contribution is -0.137. The highest BCUT2D eigenvalue weighted by molar-refractivity contribution is 6.00. The monoisotopic (exact) mass is 299 g/mol. The molecule has 0 spiro atoms. The quantitative estimate of drug-likeness (QED) is 0.598. The van der Waals surface area contributed by atoms with Crippen molar-refractivity contribution in [2.45, 2.75) is 12.7 Å². The summed E-state index contributed by atoms with van der Waals surface area (Å²) in [6, 6.07) is 6.51. The van der Waals surface area contributed by atoms with Gasteiger partial charge in [0.05, 0.1) is 29.6 Å². The van der Waals surface area contributed by atoms with Crippen LogP contribution in [-0.2, 0) is 12.7 Å². The first-order chi connectivity index (χ1) is 9.93. The van der Waals surface area contributed by atoms with Gasteiger partial charge >= 0.3 is 6.18 Å². The third-order valence-electron chi connectivity index (χ3n) is 2.76. The number of nitrogens with two attached hydrogens (primary N) is 1. The number of amides is 1. The molecule has 0 aliphatic heterocycles. The number of furan rings is 1. The molecule has 0 radical (unpaired) electrons. The number of hydrogen-bond acceptors (Lipinski definition) is 4. The molecule has 0 saturated carbocycles. The normalized spacial score (nSPS) is 11.2. The molecule has 112 valence electrons. The average Bonchev–Trinajstić information content (AvgIpc) is 2.96. The Bertz CT molecular complexity index is 624. The lowest BCUT2D eigenvalue weighted by atomic mass is 10.1. The van der Waals surface area contributed by atoms with Gasteiger partial charge in [0.1, 0.15) is 5.76 Å². The smallest absolute Gasteiger partial charge is 0.418 e. The Balaban J connectivity index is 2.24. The van der Waals surface area contributed by atoms with Crippen molar-refractivity contribution in [3.8, 4) is 0 Å². The molecule has 0 aliphatic carbocycles. The van der Waals surface area contributed by atoms with E-state index in [1.165, 1.54) is 12.3 Å². The topological polar surface area (TPSA) is 80.3 Å². The average molecular weight is 299 g/mol. The van der Waals surface area contributed by atoms with E-state index in [1.54, 1.807) is 12.1 Å². The number of alkyl halides is 3. The van der Waals surface area contributed by atoms with E-state index in [9.17, 15) is 18.0 Å². The van der Waals surface area contributed by atoms with E-state index in [2.05, 4.69) is 5.32 Å². The number of anilines is 1. The molecule has 21 heavy (non-hydrogen) atoms. The van der Waals surface area contributed by atoms with Crippen molar-refractivity contribution < 1.29 is 22.4 Å². The van der Waals surface area contributed by atoms with Gasteiger partial charge in [0.15, 0.2) is 0 Å². The number of hydrogen-bond donors (Lipinski definition) is 3. The third-order valence-corrected chi connectivity index (χ3v) is 2.76. The molecule has 0 unspecified atom stereocenters. The summed E-state index contributed by atoms with van der Waals surface area (Å²) in [7, 11) is 0. The van der Waals surface area contributed by atoms with E-state index >= 15 is 0 Å². The first kappa shape index (κ1) is 14.9. The molecule has 2 aromatic rings. The first-order valence-electron chi connectivity index (χ1n) is 5.91. The highest BCUT2D eigenvalue weighted by atomic mass is 19.4. The van der Waals surface area contributed by atoms with Gasteiger partial charge in [0.25, 0.3) is 5.91 Å². The number of halogens is 3. The maximum Gasteiger partial charge on any atom is 0.418 e. The van der Waals surface area contributed by atoms with Gasteiger partial charge in [-0.3, -0.25) is 10.6 Å². The van der Waals surface area contributed by atoms with Gasteiger partial charge in [0.2, 0.25) is 0 Å². The number of nitrogens with one attached hydrogen (secondary N) is 2. The van der Waals surface area contributed by atoms with Crippen LogP contribution in [0.4, 0.5) is 18.9 Å². The summed E-state index contributed by atoms with van der Waals surface area (Å²) in [6.45, 7) is 0.0616. The standard InChI is InChI=1S/C13H12F3N3O2/c14-13(15,16)10-5-1-4-9(11(10)19-17)12(20)18-7-8-3-2-6-21-8/h1-6,19H,7,17H2,(H,18,20). The first-order valence-corrected chi connectivity index (χ1v) is 5.91. The van der Waals surface area contributed by atoms with Gasteiger partial charge in [-0.1, -0.05) is 6.07 Å². The molecule has 0 saturated heterocycles. The number of benzene rings is 1. The van der Waals surface area contributed by atoms with E-state index in [4.69, 9.17) is 10.3 Å². The number of hydrazine groups is 1. The predicted molar refractivity (Wildman–Crippen MR) is 69.1 cm³/mol. The van der Waals surface area contributed by atoms with Gasteiger partial charge in [-0.2, -0.15) is 13.2 Å². The molecule has 1 aromatic heterocycles. The van der Waals surface area contributed by atoms with Crippen LogP contribution in [0.5, 0.6) is 0 Å². The van der Waals surface area contributed by atoms with Crippen LogP contribution in [-0.4, -0.2) is 5.91 Å². The van der Waals surface area contributed by atoms with Crippen LogP contribution in [0.3, 0.4) is 0 Å². The second-order valence-electron chi connectivity index (χ2n) is 4.13. The van der Waals surface area contributed by atoms with Gasteiger partial charge in [-0.05, 0) is 24.3 Å². The van der Waals surface area contributed by atoms with E-state index in [-0.39, 0.29) is 12.1 Å². The molecular weight excluding hydrogens is 287 g/mol. The SMILES string of the molecule is NNc1c(C(=O)NCc2ccco2)cccc1C(F)(F)F. The van der Waals surface area contributed by atoms with Crippen LogP contribution in [0.1, 0.15) is 21.7 Å². The Morgan fingerprint density at radius 2 is 2.00 bits per heavy atom. The van der Waals surface area contributed by atoms with Gasteiger partial charge < -0.3 is 15.2 Å². The molecule has 4 N–H and O–H groups in total. The van der Waals surface area contributed by atoms with Crippen molar-refractivity contribution in [1.82, 2.24) is 5.32 Å². The summed E-state index contributed by atoms with van der Waals surface area (Å²) in [5.74, 6) is 4.92. The van der Waals surface area contributed by atoms with Crippen LogP contribution >= 0.6 is 0 Å². The summed E-state index contributed by atoms with van der Waals surface area (Å²) in [5, 5.41) is 2.46. The van der Waals surface area contributed by atoms with Crippen LogP contribution in [0.15, 0.2) is 41.0 Å². The minimum absolute atomic E-state index is 0.0616. The molecule has 0 fully saturated rings. The molecule has 2 rings (SSSR count). The Hall–Kier alpha value is -2.48. The Labute approximate surface area is 117 Å². The summed E-state index contributed by atoms with van der Waals surface area (Å²) in [4.78, 5) is 12.0. The maximum atomic E-state index is 12.8. The van der Waals surface area contributed by atoms with Crippen molar-refractivity contribution in [3.05, 3.63) is 53.5 Å². The number of para-hydroxylation sites is 1. The largest absolute Gasteiger partial charge is 0.467 e. The van der Waals surface area contributed by atoms with E-state index in [1.807, 2.05) is 5.43 Å². The Morgan fingerprint density at radius 1 is 1.24 bits per heavy atom. The lowest BCUT2D eigenvalue weighted by Crippen LogP contribution is -2.26. The Kier molecular flexibility index (Phi) is 4.18. The zero-order valence-electron chi connectivity index (χ0n) is 10.7. The molecule has 5 nitrogen and oxygen atoms in total. The highest BCUT2D eigenvalue weighted by Gasteiger charge is 2.35. The van der Waals surface area contributed by atoms with Gasteiger partial charge in [-0.15, -0.1) is 0 Å². The van der Waals surface area contributed by atoms with Crippen molar-refractivity contribution in [1.29, 1.82) is 0 Å². The minimum atomic E-state index is -4.61. The summed E-state index contributed by atoms with van der Waals surface area (Å²) in [5.41, 5.74) is 0.271. The zero-order valence-corrected chi connectivity index (χ0v) is 10.7. The molecular formula is C13H12F3N3O2. The third kappa shape index (κ3) is 3.34. The van der Waals surface area contributed by atoms with E-state index in [0.29, 0.717) is 5.76 Å². The van der Waals surface area contributed by atoms with Crippen LogP contribution in [0.2, 0.25) is 0 Å². The number of rotatable bonds is 4. The second kappa shape index (κ2) is 5.88. The molecule has 1 aromatic carbocycles. The van der Waals surface area contributed by atoms with Crippen LogP contribution in [0.25, 0.3) is 0 Å². The van der Waals surface area contributed by atoms with E-state index < -0.39 is 23.3 Å². The fraction of sp³-hybridized carbons (Fsp3) is 0.154. The molecule has 0 bridgehead atoms. The van der Waals surface area contributed by atoms with E-state index in [0.717, 1.165) is 12.1 Å². The lowest BCUT2D eigenvalue weighted by Gasteiger charge is -2.15. The van der Waals surface area contributed by atoms with Gasteiger partial charge in [-0.25, -0.2) is 0 Å². The summed E-state index contributed by atoms with van der Waals surface area (Å²) in [6.07, 6.45) is -3.18. The maximum absolute atomic E-state index is 12.8. The number of carbonyl (C=O) groups excluding carboxylic acids is 1. The summed E-state index contributed by atoms with van der Waals surface area (Å²) < 4.78 is 43.6. The van der Waals surface area contributed by atoms with Gasteiger partial charge in [0, 0.05) is 0 Å². The minimum Gasteiger partial charge on any atom is -0.467 e. The molecule has 8 heteroatoms. The van der Waals surface area contributed by atoms with Crippen molar-refractivity contribution in [2.24, 2.45) is 5.84 Å². The van der Waals surface area contributed by atoms with Crippen molar-refractivity contribution >= 4 is 11.6 Å². The fourth-order valence-electron chi connectivity index (χ4n) is 1.81. The molecule has 1 amide bonds. The fourth-order valence-corrected chi connectivity index (χ4v) is 1.81. The van der Waals surface area contributed by atoms with Crippen LogP contribution in [0, 0.1) is 0 Å². The second-order valence-corrected chi connectivity index (χ2v) is 4.13. The molecule has 0 aliphatic rings. The molecule has 1 heterocycles. The predicted octanol–water partition coefficient (Wildman–Crippen LogP) is 2.51. The van der Waals surface area contributed by atoms with Crippen LogP contribution < -0.4 is 16.6 Å². The van der Waals surface area contributed by atoms with Crippen molar-refractivity contribution in [2.75, 3.05) is 5.43 Å². The zero-order chi connectivity index (χ0) is 15.5. The Morgan fingerprint density at radius 3 is 2.57 bits per heavy atom. The number of nitrogen functional groups attached to an aromatic ring is 1. The summed E-state index contributed by atoms with van der Waals surface area (Å²) >= 11 is 0. The van der Waals surface area contributed by atoms with Crippen molar-refractivity contribution in [3.63, 3.8) is 0 Å².